The zero-order valence-electron chi connectivity index (χ0n) is 14.4. The van der Waals surface area contributed by atoms with E-state index < -0.39 is 0 Å². The predicted octanol–water partition coefficient (Wildman–Crippen LogP) is 1.48. The second-order valence-electron chi connectivity index (χ2n) is 6.17. The Morgan fingerprint density at radius 3 is 2.79 bits per heavy atom. The minimum absolute atomic E-state index is 0.0146. The number of nitrogens with zero attached hydrogens (tertiary/aromatic N) is 2. The number of hydrogen-bond donors (Lipinski definition) is 2. The van der Waals surface area contributed by atoms with Crippen LogP contribution in [0.2, 0.25) is 0 Å². The summed E-state index contributed by atoms with van der Waals surface area (Å²) in [6.07, 6.45) is 0.828. The molecule has 0 unspecified atom stereocenters. The van der Waals surface area contributed by atoms with E-state index in [4.69, 9.17) is 4.74 Å². The minimum atomic E-state index is -0.181. The van der Waals surface area contributed by atoms with Gasteiger partial charge in [-0.2, -0.15) is 5.10 Å². The van der Waals surface area contributed by atoms with Gasteiger partial charge in [0.15, 0.2) is 0 Å². The minimum Gasteiger partial charge on any atom is -0.380 e. The van der Waals surface area contributed by atoms with E-state index in [1.54, 1.807) is 7.11 Å². The number of carbonyl (C=O) groups excluding carboxylic acids is 1. The number of aromatic nitrogens is 2. The first-order valence-electron chi connectivity index (χ1n) is 8.24. The zero-order chi connectivity index (χ0) is 17.1. The third-order valence-electron chi connectivity index (χ3n) is 4.62. The van der Waals surface area contributed by atoms with Crippen molar-refractivity contribution in [2.45, 2.75) is 39.0 Å². The molecule has 6 heteroatoms. The molecular formula is C18H24N4O2. The predicted molar refractivity (Wildman–Crippen MR) is 92.1 cm³/mol. The molecule has 1 aromatic heterocycles. The Hall–Kier alpha value is -2.18. The maximum Gasteiger partial charge on any atom is 0.237 e. The number of rotatable bonds is 5. The largest absolute Gasteiger partial charge is 0.380 e. The Morgan fingerprint density at radius 2 is 2.12 bits per heavy atom. The molecule has 2 aromatic rings. The first kappa shape index (κ1) is 16.7. The van der Waals surface area contributed by atoms with Crippen molar-refractivity contribution in [1.29, 1.82) is 0 Å². The molecule has 0 spiro atoms. The lowest BCUT2D eigenvalue weighted by Gasteiger charge is -2.12. The Bertz CT molecular complexity index is 711. The highest BCUT2D eigenvalue weighted by Crippen LogP contribution is 2.18. The molecular weight excluding hydrogens is 304 g/mol. The summed E-state index contributed by atoms with van der Waals surface area (Å²) in [5.74, 6) is 0.0146. The van der Waals surface area contributed by atoms with Crippen LogP contribution in [0.4, 0.5) is 0 Å². The molecule has 1 aromatic carbocycles. The number of benzene rings is 1. The summed E-state index contributed by atoms with van der Waals surface area (Å²) in [4.78, 5) is 12.3. The number of para-hydroxylation sites is 1. The molecule has 1 amide bonds. The molecule has 2 atom stereocenters. The van der Waals surface area contributed by atoms with Gasteiger partial charge in [-0.05, 0) is 32.4 Å². The van der Waals surface area contributed by atoms with Crippen molar-refractivity contribution in [1.82, 2.24) is 20.4 Å². The summed E-state index contributed by atoms with van der Waals surface area (Å²) >= 11 is 0. The van der Waals surface area contributed by atoms with E-state index in [2.05, 4.69) is 15.7 Å². The smallest absolute Gasteiger partial charge is 0.237 e. The molecule has 1 aliphatic rings. The fourth-order valence-electron chi connectivity index (χ4n) is 3.13. The second-order valence-corrected chi connectivity index (χ2v) is 6.17. The van der Waals surface area contributed by atoms with Crippen LogP contribution in [-0.2, 0) is 16.1 Å². The third kappa shape index (κ3) is 3.34. The normalized spacial score (nSPS) is 20.3. The van der Waals surface area contributed by atoms with Crippen molar-refractivity contribution in [2.75, 3.05) is 13.7 Å². The van der Waals surface area contributed by atoms with Gasteiger partial charge in [-0.15, -0.1) is 0 Å². The van der Waals surface area contributed by atoms with E-state index in [0.717, 1.165) is 29.2 Å². The average molecular weight is 328 g/mol. The van der Waals surface area contributed by atoms with Crippen molar-refractivity contribution in [3.05, 3.63) is 47.3 Å². The summed E-state index contributed by atoms with van der Waals surface area (Å²) in [6, 6.07) is 9.83. The Balaban J connectivity index is 1.68. The topological polar surface area (TPSA) is 68.2 Å². The highest BCUT2D eigenvalue weighted by molar-refractivity contribution is 5.82. The van der Waals surface area contributed by atoms with Crippen LogP contribution in [0, 0.1) is 13.8 Å². The quantitative estimate of drug-likeness (QED) is 0.872. The van der Waals surface area contributed by atoms with Gasteiger partial charge >= 0.3 is 0 Å². The average Bonchev–Trinajstić information content (AvgIpc) is 3.19. The standard InChI is InChI=1S/C18H24N4O2/c1-12-16(11-20-18(23)17-9-15(24-3)10-19-17)13(2)22(21-12)14-7-5-4-6-8-14/h4-8,15,17,19H,9-11H2,1-3H3,(H,20,23)/t15-,17-/m0/s1. The monoisotopic (exact) mass is 328 g/mol. The van der Waals surface area contributed by atoms with Gasteiger partial charge in [0.25, 0.3) is 0 Å². The van der Waals surface area contributed by atoms with Crippen molar-refractivity contribution >= 4 is 5.91 Å². The second kappa shape index (κ2) is 7.15. The molecule has 1 saturated heterocycles. The highest BCUT2D eigenvalue weighted by Gasteiger charge is 2.29. The van der Waals surface area contributed by atoms with Gasteiger partial charge < -0.3 is 15.4 Å². The summed E-state index contributed by atoms with van der Waals surface area (Å²) < 4.78 is 7.21. The summed E-state index contributed by atoms with van der Waals surface area (Å²) in [7, 11) is 1.68. The van der Waals surface area contributed by atoms with Crippen LogP contribution in [0.5, 0.6) is 0 Å². The number of methoxy groups -OCH3 is 1. The van der Waals surface area contributed by atoms with Crippen LogP contribution >= 0.6 is 0 Å². The van der Waals surface area contributed by atoms with Crippen molar-refractivity contribution in [3.63, 3.8) is 0 Å². The molecule has 0 radical (unpaired) electrons. The summed E-state index contributed by atoms with van der Waals surface area (Å²) in [5, 5.41) is 10.8. The molecule has 1 aliphatic heterocycles. The van der Waals surface area contributed by atoms with Crippen LogP contribution in [0.15, 0.2) is 30.3 Å². The number of carbonyl (C=O) groups is 1. The number of hydrogen-bond acceptors (Lipinski definition) is 4. The van der Waals surface area contributed by atoms with Gasteiger partial charge in [0.1, 0.15) is 0 Å². The third-order valence-corrected chi connectivity index (χ3v) is 4.62. The number of aryl methyl sites for hydroxylation is 1. The van der Waals surface area contributed by atoms with E-state index in [1.165, 1.54) is 0 Å². The van der Waals surface area contributed by atoms with Crippen LogP contribution in [-0.4, -0.2) is 41.5 Å². The van der Waals surface area contributed by atoms with E-state index >= 15 is 0 Å². The van der Waals surface area contributed by atoms with E-state index in [9.17, 15) is 4.79 Å². The van der Waals surface area contributed by atoms with E-state index in [1.807, 2.05) is 48.9 Å². The molecule has 128 valence electrons. The first-order valence-corrected chi connectivity index (χ1v) is 8.24. The maximum atomic E-state index is 12.3. The summed E-state index contributed by atoms with van der Waals surface area (Å²) in [5.41, 5.74) is 4.07. The Labute approximate surface area is 142 Å². The Kier molecular flexibility index (Phi) is 4.97. The van der Waals surface area contributed by atoms with Crippen molar-refractivity contribution < 1.29 is 9.53 Å². The molecule has 2 heterocycles. The highest BCUT2D eigenvalue weighted by atomic mass is 16.5. The number of ether oxygens (including phenoxy) is 1. The molecule has 0 aliphatic carbocycles. The molecule has 2 N–H and O–H groups in total. The van der Waals surface area contributed by atoms with Gasteiger partial charge in [-0.25, -0.2) is 4.68 Å². The van der Waals surface area contributed by atoms with E-state index in [0.29, 0.717) is 13.0 Å². The fraction of sp³-hybridized carbons (Fsp3) is 0.444. The summed E-state index contributed by atoms with van der Waals surface area (Å²) in [6.45, 7) is 5.21. The van der Waals surface area contributed by atoms with Crippen molar-refractivity contribution in [3.8, 4) is 5.69 Å². The molecule has 0 saturated carbocycles. The molecule has 1 fully saturated rings. The lowest BCUT2D eigenvalue weighted by Crippen LogP contribution is -2.40. The molecule has 6 nitrogen and oxygen atoms in total. The van der Waals surface area contributed by atoms with Crippen molar-refractivity contribution in [2.24, 2.45) is 0 Å². The van der Waals surface area contributed by atoms with E-state index in [-0.39, 0.29) is 18.1 Å². The Morgan fingerprint density at radius 1 is 1.38 bits per heavy atom. The number of nitrogens with one attached hydrogen (secondary N) is 2. The van der Waals surface area contributed by atoms with Gasteiger partial charge in [0.05, 0.1) is 23.5 Å². The van der Waals surface area contributed by atoms with Crippen LogP contribution in [0.3, 0.4) is 0 Å². The SMILES string of the molecule is CO[C@@H]1CN[C@H](C(=O)NCc2c(C)nn(-c3ccccc3)c2C)C1. The fourth-order valence-corrected chi connectivity index (χ4v) is 3.13. The molecule has 3 rings (SSSR count). The molecule has 0 bridgehead atoms. The molecule has 24 heavy (non-hydrogen) atoms. The van der Waals surface area contributed by atoms with Gasteiger partial charge in [-0.3, -0.25) is 4.79 Å². The maximum absolute atomic E-state index is 12.3. The first-order chi connectivity index (χ1) is 11.6. The number of amides is 1. The lowest BCUT2D eigenvalue weighted by molar-refractivity contribution is -0.123. The lowest BCUT2D eigenvalue weighted by atomic mass is 10.1. The zero-order valence-corrected chi connectivity index (χ0v) is 14.4. The van der Waals surface area contributed by atoms with Crippen LogP contribution < -0.4 is 10.6 Å². The van der Waals surface area contributed by atoms with Gasteiger partial charge in [-0.1, -0.05) is 18.2 Å². The van der Waals surface area contributed by atoms with Crippen LogP contribution in [0.25, 0.3) is 5.69 Å². The van der Waals surface area contributed by atoms with Crippen LogP contribution in [0.1, 0.15) is 23.4 Å². The van der Waals surface area contributed by atoms with Gasteiger partial charge in [0, 0.05) is 31.5 Å². The van der Waals surface area contributed by atoms with Gasteiger partial charge in [0.2, 0.25) is 5.91 Å².